The van der Waals surface area contributed by atoms with Crippen molar-refractivity contribution in [3.05, 3.63) is 35.9 Å². The summed E-state index contributed by atoms with van der Waals surface area (Å²) in [4.78, 5) is 35.2. The molecule has 1 aromatic carbocycles. The number of imidazole rings is 1. The Balaban J connectivity index is 1.09. The van der Waals surface area contributed by atoms with Gasteiger partial charge in [0.15, 0.2) is 5.82 Å². The van der Waals surface area contributed by atoms with Gasteiger partial charge in [-0.1, -0.05) is 25.0 Å². The average Bonchev–Trinajstić information content (AvgIpc) is 3.43. The predicted octanol–water partition coefficient (Wildman–Crippen LogP) is 4.47. The molecule has 6 rings (SSSR count). The molecule has 0 spiro atoms. The minimum atomic E-state index is -2.77. The van der Waals surface area contributed by atoms with Crippen LogP contribution < -0.4 is 10.2 Å². The quantitative estimate of drug-likeness (QED) is 0.366. The van der Waals surface area contributed by atoms with Crippen molar-refractivity contribution in [3.63, 3.8) is 0 Å². The number of rotatable bonds is 10. The number of carbonyl (C=O) groups is 1. The maximum Gasteiger partial charge on any atom is 0.296 e. The number of alkyl halides is 2. The first kappa shape index (κ1) is 29.8. The highest BCUT2D eigenvalue weighted by Gasteiger charge is 2.26. The molecule has 1 amide bonds. The molecule has 0 unspecified atom stereocenters. The molecule has 12 heteroatoms. The number of aryl methyl sites for hydroxylation is 1. The van der Waals surface area contributed by atoms with Crippen LogP contribution in [0.15, 0.2) is 24.3 Å². The number of carbonyl (C=O) groups excluding carboxylic acids is 1. The second-order valence-corrected chi connectivity index (χ2v) is 12.1. The molecular formula is C31H42F2N8O2. The van der Waals surface area contributed by atoms with Gasteiger partial charge in [0, 0.05) is 25.6 Å². The Bertz CT molecular complexity index is 1370. The molecule has 0 bridgehead atoms. The van der Waals surface area contributed by atoms with Crippen LogP contribution in [-0.2, 0) is 16.0 Å². The van der Waals surface area contributed by atoms with E-state index in [0.29, 0.717) is 68.0 Å². The van der Waals surface area contributed by atoms with Crippen molar-refractivity contribution in [2.75, 3.05) is 50.8 Å². The van der Waals surface area contributed by atoms with Crippen molar-refractivity contribution in [1.82, 2.24) is 34.7 Å². The SMILES string of the molecule is O=C(CN1CCCCC1)NC1CCC(CCCc2nc(N3CCOCC3)nc(-n3c(C(F)F)nc4ccccc43)n2)CC1. The molecule has 1 saturated carbocycles. The van der Waals surface area contributed by atoms with Gasteiger partial charge < -0.3 is 15.0 Å². The van der Waals surface area contributed by atoms with E-state index in [1.807, 2.05) is 4.90 Å². The summed E-state index contributed by atoms with van der Waals surface area (Å²) in [6, 6.07) is 7.33. The van der Waals surface area contributed by atoms with Crippen LogP contribution >= 0.6 is 0 Å². The number of nitrogens with zero attached hydrogens (tertiary/aromatic N) is 7. The molecule has 232 valence electrons. The fourth-order valence-corrected chi connectivity index (χ4v) is 6.65. The van der Waals surface area contributed by atoms with Gasteiger partial charge in [-0.15, -0.1) is 0 Å². The molecular weight excluding hydrogens is 554 g/mol. The lowest BCUT2D eigenvalue weighted by atomic mass is 9.83. The number of likely N-dealkylation sites (tertiary alicyclic amines) is 1. The van der Waals surface area contributed by atoms with Gasteiger partial charge in [-0.25, -0.2) is 13.8 Å². The molecule has 3 aliphatic rings. The Morgan fingerprint density at radius 1 is 0.930 bits per heavy atom. The molecule has 1 aliphatic carbocycles. The van der Waals surface area contributed by atoms with Gasteiger partial charge in [0.1, 0.15) is 5.82 Å². The highest BCUT2D eigenvalue weighted by atomic mass is 19.3. The number of nitrogens with one attached hydrogen (secondary N) is 1. The van der Waals surface area contributed by atoms with E-state index in [9.17, 15) is 13.6 Å². The average molecular weight is 597 g/mol. The monoisotopic (exact) mass is 596 g/mol. The maximum absolute atomic E-state index is 14.1. The fourth-order valence-electron chi connectivity index (χ4n) is 6.65. The summed E-state index contributed by atoms with van der Waals surface area (Å²) in [6.07, 6.45) is 7.66. The van der Waals surface area contributed by atoms with Crippen LogP contribution in [-0.4, -0.2) is 87.3 Å². The van der Waals surface area contributed by atoms with Crippen molar-refractivity contribution < 1.29 is 18.3 Å². The van der Waals surface area contributed by atoms with E-state index in [4.69, 9.17) is 14.7 Å². The summed E-state index contributed by atoms with van der Waals surface area (Å²) in [5, 5.41) is 3.27. The predicted molar refractivity (Wildman–Crippen MR) is 160 cm³/mol. The molecule has 3 aromatic rings. The largest absolute Gasteiger partial charge is 0.378 e. The van der Waals surface area contributed by atoms with Crippen molar-refractivity contribution >= 4 is 22.9 Å². The number of amides is 1. The van der Waals surface area contributed by atoms with Gasteiger partial charge in [-0.2, -0.15) is 15.0 Å². The fraction of sp³-hybridized carbons (Fsp3) is 0.645. The summed E-state index contributed by atoms with van der Waals surface area (Å²) >= 11 is 0. The Hall–Kier alpha value is -3.25. The second kappa shape index (κ2) is 14.0. The van der Waals surface area contributed by atoms with E-state index in [2.05, 4.69) is 20.2 Å². The third kappa shape index (κ3) is 7.46. The molecule has 0 radical (unpaired) electrons. The summed E-state index contributed by atoms with van der Waals surface area (Å²) in [5.74, 6) is 1.65. The third-order valence-electron chi connectivity index (χ3n) is 8.97. The van der Waals surface area contributed by atoms with Crippen LogP contribution in [0.1, 0.15) is 75.9 Å². The maximum atomic E-state index is 14.1. The summed E-state index contributed by atoms with van der Waals surface area (Å²) in [7, 11) is 0. The summed E-state index contributed by atoms with van der Waals surface area (Å²) < 4.78 is 35.1. The number of aromatic nitrogens is 5. The van der Waals surface area contributed by atoms with Crippen LogP contribution in [0.2, 0.25) is 0 Å². The van der Waals surface area contributed by atoms with Gasteiger partial charge in [0.2, 0.25) is 17.8 Å². The minimum Gasteiger partial charge on any atom is -0.378 e. The molecule has 0 atom stereocenters. The second-order valence-electron chi connectivity index (χ2n) is 12.1. The van der Waals surface area contributed by atoms with Crippen LogP contribution in [0.4, 0.5) is 14.7 Å². The number of ether oxygens (including phenoxy) is 1. The van der Waals surface area contributed by atoms with Crippen molar-refractivity contribution in [1.29, 1.82) is 0 Å². The Labute approximate surface area is 251 Å². The summed E-state index contributed by atoms with van der Waals surface area (Å²) in [5.41, 5.74) is 1.02. The Morgan fingerprint density at radius 3 is 2.44 bits per heavy atom. The lowest BCUT2D eigenvalue weighted by Gasteiger charge is -2.31. The van der Waals surface area contributed by atoms with Crippen LogP contribution in [0, 0.1) is 5.92 Å². The Morgan fingerprint density at radius 2 is 1.67 bits per heavy atom. The third-order valence-corrected chi connectivity index (χ3v) is 8.97. The number of anilines is 1. The highest BCUT2D eigenvalue weighted by Crippen LogP contribution is 2.30. The number of hydrogen-bond donors (Lipinski definition) is 1. The molecule has 10 nitrogen and oxygen atoms in total. The normalized spacial score (nSPS) is 21.9. The van der Waals surface area contributed by atoms with Gasteiger partial charge >= 0.3 is 0 Å². The Kier molecular flexibility index (Phi) is 9.72. The zero-order valence-electron chi connectivity index (χ0n) is 24.8. The number of piperidine rings is 1. The lowest BCUT2D eigenvalue weighted by molar-refractivity contribution is -0.123. The molecule has 2 aromatic heterocycles. The number of hydrogen-bond acceptors (Lipinski definition) is 8. The molecule has 2 saturated heterocycles. The van der Waals surface area contributed by atoms with Gasteiger partial charge in [-0.05, 0) is 76.1 Å². The van der Waals surface area contributed by atoms with Gasteiger partial charge in [-0.3, -0.25) is 14.3 Å². The van der Waals surface area contributed by atoms with Gasteiger partial charge in [0.05, 0.1) is 30.8 Å². The number of para-hydroxylation sites is 2. The summed E-state index contributed by atoms with van der Waals surface area (Å²) in [6.45, 7) is 4.97. The van der Waals surface area contributed by atoms with E-state index in [0.717, 1.165) is 51.6 Å². The molecule has 43 heavy (non-hydrogen) atoms. The van der Waals surface area contributed by atoms with Crippen LogP contribution in [0.5, 0.6) is 0 Å². The molecule has 3 fully saturated rings. The topological polar surface area (TPSA) is 101 Å². The number of morpholine rings is 1. The first-order valence-corrected chi connectivity index (χ1v) is 15.9. The first-order valence-electron chi connectivity index (χ1n) is 15.9. The highest BCUT2D eigenvalue weighted by molar-refractivity contribution is 5.78. The number of benzene rings is 1. The van der Waals surface area contributed by atoms with Crippen molar-refractivity contribution in [2.45, 2.75) is 76.7 Å². The molecule has 1 N–H and O–H groups in total. The number of fused-ring (bicyclic) bond motifs is 1. The lowest BCUT2D eigenvalue weighted by Crippen LogP contribution is -2.44. The zero-order chi connectivity index (χ0) is 29.6. The van der Waals surface area contributed by atoms with E-state index >= 15 is 0 Å². The van der Waals surface area contributed by atoms with Crippen molar-refractivity contribution in [2.24, 2.45) is 5.92 Å². The minimum absolute atomic E-state index is 0.160. The van der Waals surface area contributed by atoms with Crippen LogP contribution in [0.3, 0.4) is 0 Å². The van der Waals surface area contributed by atoms with Crippen molar-refractivity contribution in [3.8, 4) is 5.95 Å². The molecule has 2 aliphatic heterocycles. The standard InChI is InChI=1S/C31H42F2N8O2/c32-28(33)29-35-24-8-2-3-9-25(24)41(29)31-37-26(36-30(38-31)40-17-19-43-20-18-40)10-6-7-22-11-13-23(14-12-22)34-27(42)21-39-15-4-1-5-16-39/h2-3,8-9,22-23,28H,1,4-7,10-21H2,(H,34,42). The van der Waals surface area contributed by atoms with E-state index in [-0.39, 0.29) is 23.7 Å². The van der Waals surface area contributed by atoms with Gasteiger partial charge in [0.25, 0.3) is 6.43 Å². The van der Waals surface area contributed by atoms with E-state index in [1.165, 1.54) is 23.8 Å². The van der Waals surface area contributed by atoms with E-state index in [1.54, 1.807) is 24.3 Å². The smallest absolute Gasteiger partial charge is 0.296 e. The molecule has 4 heterocycles. The first-order chi connectivity index (χ1) is 21.0. The van der Waals surface area contributed by atoms with E-state index < -0.39 is 6.43 Å². The number of halogens is 2. The van der Waals surface area contributed by atoms with Crippen LogP contribution in [0.25, 0.3) is 17.0 Å². The zero-order valence-corrected chi connectivity index (χ0v) is 24.8.